The highest BCUT2D eigenvalue weighted by atomic mass is 35.5. The Labute approximate surface area is 230 Å². The predicted molar refractivity (Wildman–Crippen MR) is 143 cm³/mol. The molecule has 0 spiro atoms. The Bertz CT molecular complexity index is 1690. The fraction of sp³-hybridized carbons (Fsp3) is 0.333. The highest BCUT2D eigenvalue weighted by molar-refractivity contribution is 6.34. The minimum atomic E-state index is -3.20. The molecule has 0 radical (unpaired) electrons. The number of piperazine rings is 1. The van der Waals surface area contributed by atoms with Crippen molar-refractivity contribution in [1.29, 1.82) is 0 Å². The maximum Gasteiger partial charge on any atom is 0.278 e. The number of fused-ring (bicyclic) bond motifs is 5. The van der Waals surface area contributed by atoms with E-state index in [1.54, 1.807) is 11.8 Å². The van der Waals surface area contributed by atoms with Gasteiger partial charge in [-0.2, -0.15) is 0 Å². The molecule has 13 heteroatoms. The maximum atomic E-state index is 14.8. The van der Waals surface area contributed by atoms with Crippen molar-refractivity contribution in [2.45, 2.75) is 37.4 Å². The van der Waals surface area contributed by atoms with Crippen molar-refractivity contribution in [3.8, 4) is 17.0 Å². The van der Waals surface area contributed by atoms with Crippen molar-refractivity contribution in [2.75, 3.05) is 29.9 Å². The van der Waals surface area contributed by atoms with Gasteiger partial charge in [0.25, 0.3) is 17.4 Å². The minimum absolute atomic E-state index is 0.00223. The van der Waals surface area contributed by atoms with Gasteiger partial charge in [-0.3, -0.25) is 19.0 Å². The molecule has 40 heavy (non-hydrogen) atoms. The van der Waals surface area contributed by atoms with Crippen molar-refractivity contribution in [3.05, 3.63) is 58.1 Å². The highest BCUT2D eigenvalue weighted by Crippen LogP contribution is 2.54. The molecule has 2 aliphatic heterocycles. The third-order valence-corrected chi connectivity index (χ3v) is 8.14. The molecule has 1 N–H and O–H groups in total. The lowest BCUT2D eigenvalue weighted by atomic mass is 9.98. The zero-order valence-electron chi connectivity index (χ0n) is 21.4. The van der Waals surface area contributed by atoms with E-state index >= 15 is 0 Å². The van der Waals surface area contributed by atoms with Gasteiger partial charge in [-0.1, -0.05) is 24.2 Å². The molecule has 0 bridgehead atoms. The van der Waals surface area contributed by atoms with Gasteiger partial charge in [-0.15, -0.1) is 0 Å². The number of rotatable bonds is 3. The van der Waals surface area contributed by atoms with Crippen molar-refractivity contribution >= 4 is 45.8 Å². The second-order valence-corrected chi connectivity index (χ2v) is 10.7. The Morgan fingerprint density at radius 1 is 1.25 bits per heavy atom. The number of likely N-dealkylation sites (N-methyl/N-ethyl adjacent to an activating group) is 1. The molecule has 208 valence electrons. The first-order valence-electron chi connectivity index (χ1n) is 12.5. The van der Waals surface area contributed by atoms with Gasteiger partial charge in [0.15, 0.2) is 0 Å². The zero-order valence-corrected chi connectivity index (χ0v) is 22.1. The van der Waals surface area contributed by atoms with Gasteiger partial charge in [0.05, 0.1) is 28.5 Å². The number of halogens is 4. The van der Waals surface area contributed by atoms with E-state index in [0.29, 0.717) is 0 Å². The van der Waals surface area contributed by atoms with Crippen molar-refractivity contribution in [1.82, 2.24) is 14.5 Å². The van der Waals surface area contributed by atoms with E-state index in [0.717, 1.165) is 21.6 Å². The molecule has 1 aromatic carbocycles. The quantitative estimate of drug-likeness (QED) is 0.480. The smallest absolute Gasteiger partial charge is 0.278 e. The average Bonchev–Trinajstić information content (AvgIpc) is 3.53. The van der Waals surface area contributed by atoms with Crippen molar-refractivity contribution < 1.29 is 27.9 Å². The van der Waals surface area contributed by atoms with Crippen LogP contribution in [0.15, 0.2) is 41.7 Å². The Morgan fingerprint density at radius 2 is 1.95 bits per heavy atom. The van der Waals surface area contributed by atoms with Crippen LogP contribution >= 0.6 is 11.6 Å². The number of hydrogen-bond acceptors (Lipinski definition) is 6. The summed E-state index contributed by atoms with van der Waals surface area (Å²) in [6.45, 7) is 5.44. The number of phenols is 1. The molecule has 1 unspecified atom stereocenters. The van der Waals surface area contributed by atoms with Crippen LogP contribution in [0.2, 0.25) is 5.02 Å². The molecule has 1 aliphatic carbocycles. The van der Waals surface area contributed by atoms with Crippen LogP contribution in [0.4, 0.5) is 24.5 Å². The normalized spacial score (nSPS) is 23.2. The minimum Gasteiger partial charge on any atom is -0.507 e. The number of phenolic OH excluding ortho intramolecular Hbond substituents is 1. The van der Waals surface area contributed by atoms with Gasteiger partial charge in [0.2, 0.25) is 5.91 Å². The van der Waals surface area contributed by atoms with Gasteiger partial charge >= 0.3 is 0 Å². The number of alkyl halides is 2. The van der Waals surface area contributed by atoms with Gasteiger partial charge in [0, 0.05) is 31.4 Å². The van der Waals surface area contributed by atoms with Crippen LogP contribution in [0.25, 0.3) is 22.3 Å². The molecular formula is C27H23ClF3N5O4. The summed E-state index contributed by atoms with van der Waals surface area (Å²) in [7, 11) is 1.37. The first-order valence-corrected chi connectivity index (χ1v) is 12.9. The molecular weight excluding hydrogens is 551 g/mol. The lowest BCUT2D eigenvalue weighted by molar-refractivity contribution is -0.130. The monoisotopic (exact) mass is 573 g/mol. The molecule has 1 saturated carbocycles. The van der Waals surface area contributed by atoms with Crippen LogP contribution in [0.3, 0.4) is 0 Å². The number of carbonyl (C=O) groups excluding carboxylic acids is 2. The second-order valence-electron chi connectivity index (χ2n) is 10.3. The van der Waals surface area contributed by atoms with E-state index in [9.17, 15) is 32.7 Å². The summed E-state index contributed by atoms with van der Waals surface area (Å²) in [6.07, 6.45) is 0.537. The average molecular weight is 574 g/mol. The third-order valence-electron chi connectivity index (χ3n) is 7.85. The van der Waals surface area contributed by atoms with Crippen LogP contribution < -0.4 is 15.4 Å². The highest BCUT2D eigenvalue weighted by Gasteiger charge is 2.60. The van der Waals surface area contributed by atoms with E-state index in [1.807, 2.05) is 0 Å². The Hall–Kier alpha value is -4.06. The molecule has 3 aliphatic rings. The summed E-state index contributed by atoms with van der Waals surface area (Å²) in [6, 6.07) is 2.17. The number of nitrogens with zero attached hydrogens (tertiary/aromatic N) is 5. The number of aromatic hydroxyl groups is 1. The summed E-state index contributed by atoms with van der Waals surface area (Å²) in [5, 5.41) is 10.5. The topological polar surface area (TPSA) is 99.0 Å². The first kappa shape index (κ1) is 26.2. The van der Waals surface area contributed by atoms with E-state index < -0.39 is 53.5 Å². The standard InChI is InChI=1S/C27H23ClF3N5O4/c1-4-19(38)34-11-16-25(39)33(3)23-22(35(16)10-12(34)2)13-8-14(28)21(20-15(29)6-5-7-17(20)37)32-24(13)36(26(23)40)18-9-27(18,30)31/h4-8,12,16,18,37H,1,9-11H2,2-3H3/t12-,16-,18?/m1/s1. The molecule has 2 aromatic heterocycles. The largest absolute Gasteiger partial charge is 0.507 e. The number of benzene rings is 1. The van der Waals surface area contributed by atoms with E-state index in [4.69, 9.17) is 11.6 Å². The fourth-order valence-corrected chi connectivity index (χ4v) is 6.00. The van der Waals surface area contributed by atoms with Gasteiger partial charge in [-0.05, 0) is 31.2 Å². The van der Waals surface area contributed by atoms with E-state index in [2.05, 4.69) is 11.6 Å². The van der Waals surface area contributed by atoms with E-state index in [1.165, 1.54) is 30.1 Å². The maximum absolute atomic E-state index is 14.8. The third kappa shape index (κ3) is 3.61. The van der Waals surface area contributed by atoms with Crippen molar-refractivity contribution in [3.63, 3.8) is 0 Å². The summed E-state index contributed by atoms with van der Waals surface area (Å²) in [5.41, 5.74) is -1.49. The summed E-state index contributed by atoms with van der Waals surface area (Å²) in [4.78, 5) is 48.6. The predicted octanol–water partition coefficient (Wildman–Crippen LogP) is 3.71. The molecule has 6 rings (SSSR count). The molecule has 9 nitrogen and oxygen atoms in total. The molecule has 2 amide bonds. The van der Waals surface area contributed by atoms with Crippen LogP contribution in [0.5, 0.6) is 5.75 Å². The van der Waals surface area contributed by atoms with Crippen LogP contribution in [0, 0.1) is 5.82 Å². The lowest BCUT2D eigenvalue weighted by Crippen LogP contribution is -2.66. The lowest BCUT2D eigenvalue weighted by Gasteiger charge is -2.49. The molecule has 3 atom stereocenters. The van der Waals surface area contributed by atoms with Crippen LogP contribution in [0.1, 0.15) is 19.4 Å². The summed E-state index contributed by atoms with van der Waals surface area (Å²) in [5.74, 6) is -5.36. The molecule has 4 heterocycles. The zero-order chi connectivity index (χ0) is 28.8. The number of amides is 2. The van der Waals surface area contributed by atoms with Crippen LogP contribution in [-0.4, -0.2) is 69.5 Å². The van der Waals surface area contributed by atoms with Crippen molar-refractivity contribution in [2.24, 2.45) is 0 Å². The molecule has 1 saturated heterocycles. The van der Waals surface area contributed by atoms with Gasteiger partial charge in [-0.25, -0.2) is 18.2 Å². The van der Waals surface area contributed by atoms with Gasteiger partial charge in [0.1, 0.15) is 35.0 Å². The number of hydrogen-bond donors (Lipinski definition) is 1. The second kappa shape index (κ2) is 8.72. The Balaban J connectivity index is 1.66. The molecule has 3 aromatic rings. The number of aromatic nitrogens is 2. The Morgan fingerprint density at radius 3 is 2.58 bits per heavy atom. The number of carbonyl (C=O) groups is 2. The Kier molecular flexibility index (Phi) is 5.71. The van der Waals surface area contributed by atoms with Crippen LogP contribution in [-0.2, 0) is 9.59 Å². The van der Waals surface area contributed by atoms with E-state index in [-0.39, 0.29) is 57.7 Å². The summed E-state index contributed by atoms with van der Waals surface area (Å²) >= 11 is 6.58. The fourth-order valence-electron chi connectivity index (χ4n) is 5.75. The van der Waals surface area contributed by atoms with Gasteiger partial charge < -0.3 is 19.8 Å². The molecule has 2 fully saturated rings. The number of pyridine rings is 2. The number of anilines is 2. The first-order chi connectivity index (χ1) is 18.9. The SMILES string of the molecule is C=CC(=O)N1C[C@@H]2C(=O)N(C)c3c(c4cc(Cl)c(-c5c(O)cccc5F)nc4n(C4CC4(F)F)c3=O)N2C[C@H]1C. The summed E-state index contributed by atoms with van der Waals surface area (Å²) < 4.78 is 44.5.